The average Bonchev–Trinajstić information content (AvgIpc) is 2.62. The lowest BCUT2D eigenvalue weighted by atomic mass is 9.74. The maximum absolute atomic E-state index is 13.0. The Morgan fingerprint density at radius 1 is 1.23 bits per heavy atom. The minimum Gasteiger partial charge on any atom is -0.369 e. The molecule has 1 aromatic carbocycles. The van der Waals surface area contributed by atoms with Crippen molar-refractivity contribution in [3.05, 3.63) is 30.1 Å². The Balaban J connectivity index is 1.38. The monoisotopic (exact) mass is 362 g/mol. The van der Waals surface area contributed by atoms with Crippen LogP contribution in [0.5, 0.6) is 0 Å². The molecule has 26 heavy (non-hydrogen) atoms. The van der Waals surface area contributed by atoms with E-state index in [0.717, 1.165) is 64.1 Å². The van der Waals surface area contributed by atoms with Gasteiger partial charge >= 0.3 is 0 Å². The van der Waals surface area contributed by atoms with Gasteiger partial charge in [0.15, 0.2) is 0 Å². The molecule has 1 saturated heterocycles. The largest absolute Gasteiger partial charge is 0.369 e. The predicted octanol–water partition coefficient (Wildman–Crippen LogP) is 1.97. The third kappa shape index (κ3) is 4.74. The number of piperazine rings is 1. The van der Waals surface area contributed by atoms with Crippen LogP contribution in [0.1, 0.15) is 32.6 Å². The molecule has 2 atom stereocenters. The molecule has 1 amide bonds. The van der Waals surface area contributed by atoms with Crippen molar-refractivity contribution in [2.75, 3.05) is 44.2 Å². The van der Waals surface area contributed by atoms with E-state index in [1.165, 1.54) is 12.1 Å². The van der Waals surface area contributed by atoms with Crippen molar-refractivity contribution in [2.24, 2.45) is 11.7 Å². The van der Waals surface area contributed by atoms with Crippen molar-refractivity contribution in [1.82, 2.24) is 10.2 Å². The van der Waals surface area contributed by atoms with Gasteiger partial charge in [-0.2, -0.15) is 0 Å². The highest BCUT2D eigenvalue weighted by molar-refractivity contribution is 5.80. The number of hydrogen-bond donors (Lipinski definition) is 2. The molecule has 2 unspecified atom stereocenters. The van der Waals surface area contributed by atoms with Crippen molar-refractivity contribution in [2.45, 2.75) is 38.1 Å². The number of carbonyl (C=O) groups is 1. The minimum atomic E-state index is -0.372. The summed E-state index contributed by atoms with van der Waals surface area (Å²) in [5, 5.41) is 3.09. The summed E-state index contributed by atoms with van der Waals surface area (Å²) in [5.74, 6) is -0.152. The molecule has 6 heteroatoms. The summed E-state index contributed by atoms with van der Waals surface area (Å²) < 4.78 is 13.0. The summed E-state index contributed by atoms with van der Waals surface area (Å²) in [6, 6.07) is 6.68. The maximum Gasteiger partial charge on any atom is 0.225 e. The van der Waals surface area contributed by atoms with Gasteiger partial charge in [0, 0.05) is 50.5 Å². The van der Waals surface area contributed by atoms with E-state index < -0.39 is 0 Å². The summed E-state index contributed by atoms with van der Waals surface area (Å²) in [7, 11) is 0. The number of nitrogens with zero attached hydrogens (tertiary/aromatic N) is 2. The molecule has 0 bridgehead atoms. The minimum absolute atomic E-state index is 0.0634. The lowest BCUT2D eigenvalue weighted by Crippen LogP contribution is -2.54. The van der Waals surface area contributed by atoms with Crippen molar-refractivity contribution >= 4 is 11.6 Å². The van der Waals surface area contributed by atoms with E-state index in [2.05, 4.69) is 15.1 Å². The van der Waals surface area contributed by atoms with Crippen LogP contribution in [-0.2, 0) is 4.79 Å². The summed E-state index contributed by atoms with van der Waals surface area (Å²) >= 11 is 0. The zero-order chi connectivity index (χ0) is 18.6. The molecule has 1 aliphatic carbocycles. The Bertz CT molecular complexity index is 596. The van der Waals surface area contributed by atoms with Crippen LogP contribution in [0.15, 0.2) is 24.3 Å². The van der Waals surface area contributed by atoms with Crippen molar-refractivity contribution in [3.8, 4) is 0 Å². The zero-order valence-corrected chi connectivity index (χ0v) is 15.7. The summed E-state index contributed by atoms with van der Waals surface area (Å²) in [6.07, 6.45) is 4.04. The lowest BCUT2D eigenvalue weighted by molar-refractivity contribution is -0.128. The Kier molecular flexibility index (Phi) is 6.14. The number of hydrogen-bond acceptors (Lipinski definition) is 4. The van der Waals surface area contributed by atoms with Gasteiger partial charge in [0.05, 0.1) is 5.92 Å². The predicted molar refractivity (Wildman–Crippen MR) is 103 cm³/mol. The Labute approximate surface area is 155 Å². The molecule has 3 N–H and O–H groups in total. The smallest absolute Gasteiger partial charge is 0.225 e. The van der Waals surface area contributed by atoms with E-state index in [1.54, 1.807) is 0 Å². The fraction of sp³-hybridized carbons (Fsp3) is 0.650. The van der Waals surface area contributed by atoms with E-state index in [0.29, 0.717) is 6.54 Å². The van der Waals surface area contributed by atoms with Crippen LogP contribution in [0.25, 0.3) is 0 Å². The molecular formula is C20H31FN4O. The Morgan fingerprint density at radius 2 is 1.92 bits per heavy atom. The van der Waals surface area contributed by atoms with Crippen molar-refractivity contribution < 1.29 is 9.18 Å². The molecule has 1 aromatic rings. The molecule has 0 radical (unpaired) electrons. The molecule has 0 spiro atoms. The first-order chi connectivity index (χ1) is 12.5. The lowest BCUT2D eigenvalue weighted by Gasteiger charge is -2.38. The number of amides is 1. The molecule has 1 heterocycles. The standard InChI is InChI=1S/C20H31FN4O/c1-20(22)9-3-2-4-18(20)19(26)23-10-11-24-12-14-25(15-13-24)17-7-5-16(21)6-8-17/h5-8,18H,2-4,9-15,22H2,1H3,(H,23,26). The SMILES string of the molecule is CC1(N)CCCCC1C(=O)NCCN1CCN(c2ccc(F)cc2)CC1. The third-order valence-corrected chi connectivity index (χ3v) is 5.86. The average molecular weight is 362 g/mol. The van der Waals surface area contributed by atoms with Crippen LogP contribution in [0.2, 0.25) is 0 Å². The van der Waals surface area contributed by atoms with Gasteiger partial charge < -0.3 is 16.0 Å². The third-order valence-electron chi connectivity index (χ3n) is 5.86. The Morgan fingerprint density at radius 3 is 2.58 bits per heavy atom. The fourth-order valence-electron chi connectivity index (χ4n) is 4.13. The molecule has 1 aliphatic heterocycles. The number of rotatable bonds is 5. The molecule has 144 valence electrons. The maximum atomic E-state index is 13.0. The van der Waals surface area contributed by atoms with Crippen molar-refractivity contribution in [1.29, 1.82) is 0 Å². The van der Waals surface area contributed by atoms with Crippen LogP contribution < -0.4 is 16.0 Å². The van der Waals surface area contributed by atoms with Gasteiger partial charge in [0.2, 0.25) is 5.91 Å². The number of nitrogens with one attached hydrogen (secondary N) is 1. The number of halogens is 1. The first-order valence-electron chi connectivity index (χ1n) is 9.75. The molecule has 2 aliphatic rings. The van der Waals surface area contributed by atoms with Gasteiger partial charge in [-0.1, -0.05) is 12.8 Å². The second kappa shape index (κ2) is 8.35. The molecule has 1 saturated carbocycles. The summed E-state index contributed by atoms with van der Waals surface area (Å²) in [5.41, 5.74) is 7.01. The van der Waals surface area contributed by atoms with Gasteiger partial charge in [-0.05, 0) is 44.0 Å². The molecule has 5 nitrogen and oxygen atoms in total. The highest BCUT2D eigenvalue weighted by Gasteiger charge is 2.37. The van der Waals surface area contributed by atoms with Gasteiger partial charge in [-0.25, -0.2) is 4.39 Å². The van der Waals surface area contributed by atoms with Crippen molar-refractivity contribution in [3.63, 3.8) is 0 Å². The van der Waals surface area contributed by atoms with Crippen LogP contribution >= 0.6 is 0 Å². The van der Waals surface area contributed by atoms with E-state index in [-0.39, 0.29) is 23.2 Å². The first-order valence-corrected chi connectivity index (χ1v) is 9.75. The number of benzene rings is 1. The van der Waals surface area contributed by atoms with E-state index in [1.807, 2.05) is 19.1 Å². The summed E-state index contributed by atoms with van der Waals surface area (Å²) in [6.45, 7) is 7.27. The second-order valence-electron chi connectivity index (χ2n) is 7.90. The zero-order valence-electron chi connectivity index (χ0n) is 15.7. The van der Waals surface area contributed by atoms with Gasteiger partial charge in [-0.15, -0.1) is 0 Å². The molecule has 3 rings (SSSR count). The first kappa shape index (κ1) is 19.1. The van der Waals surface area contributed by atoms with E-state index >= 15 is 0 Å². The van der Waals surface area contributed by atoms with E-state index in [4.69, 9.17) is 5.73 Å². The van der Waals surface area contributed by atoms with Gasteiger partial charge in [0.1, 0.15) is 5.82 Å². The summed E-state index contributed by atoms with van der Waals surface area (Å²) in [4.78, 5) is 17.1. The topological polar surface area (TPSA) is 61.6 Å². The van der Waals surface area contributed by atoms with E-state index in [9.17, 15) is 9.18 Å². The van der Waals surface area contributed by atoms with Crippen LogP contribution in [-0.4, -0.2) is 55.6 Å². The molecule has 2 fully saturated rings. The number of nitrogens with two attached hydrogens (primary N) is 1. The van der Waals surface area contributed by atoms with Gasteiger partial charge in [-0.3, -0.25) is 9.69 Å². The van der Waals surface area contributed by atoms with Crippen LogP contribution in [0, 0.1) is 11.7 Å². The number of anilines is 1. The highest BCUT2D eigenvalue weighted by atomic mass is 19.1. The molecular weight excluding hydrogens is 331 g/mol. The second-order valence-corrected chi connectivity index (χ2v) is 7.90. The highest BCUT2D eigenvalue weighted by Crippen LogP contribution is 2.31. The quantitative estimate of drug-likeness (QED) is 0.841. The fourth-order valence-corrected chi connectivity index (χ4v) is 4.13. The van der Waals surface area contributed by atoms with Gasteiger partial charge in [0.25, 0.3) is 0 Å². The number of carbonyl (C=O) groups excluding carboxylic acids is 1. The Hall–Kier alpha value is -1.66. The van der Waals surface area contributed by atoms with Crippen LogP contribution in [0.3, 0.4) is 0 Å². The van der Waals surface area contributed by atoms with Crippen LogP contribution in [0.4, 0.5) is 10.1 Å². The molecule has 0 aromatic heterocycles. The normalized spacial score (nSPS) is 27.3.